The SMILES string of the molecule is CC(C)(C)Cc1ccc(-c2ccc(CC(C)(C)COC(=O)c3ccc4cc(C(=O)O)ccc4c3)cc2)cc1. The summed E-state index contributed by atoms with van der Waals surface area (Å²) < 4.78 is 5.68. The quantitative estimate of drug-likeness (QED) is 0.244. The van der Waals surface area contributed by atoms with Crippen LogP contribution in [0, 0.1) is 10.8 Å². The second-order valence-corrected chi connectivity index (χ2v) is 12.1. The van der Waals surface area contributed by atoms with Crippen LogP contribution < -0.4 is 0 Å². The van der Waals surface area contributed by atoms with Gasteiger partial charge in [0.1, 0.15) is 0 Å². The fraction of sp³-hybridized carbons (Fsp3) is 0.294. The van der Waals surface area contributed by atoms with Gasteiger partial charge in [0, 0.05) is 5.41 Å². The first-order valence-corrected chi connectivity index (χ1v) is 13.0. The number of rotatable bonds is 8. The summed E-state index contributed by atoms with van der Waals surface area (Å²) in [6.45, 7) is 11.2. The molecule has 0 aliphatic carbocycles. The lowest BCUT2D eigenvalue weighted by molar-refractivity contribution is 0.0341. The number of aromatic carboxylic acids is 1. The molecule has 1 N–H and O–H groups in total. The Kier molecular flexibility index (Phi) is 7.73. The van der Waals surface area contributed by atoms with E-state index in [0.717, 1.165) is 23.6 Å². The molecule has 0 aliphatic heterocycles. The molecule has 38 heavy (non-hydrogen) atoms. The fourth-order valence-corrected chi connectivity index (χ4v) is 4.70. The van der Waals surface area contributed by atoms with E-state index in [4.69, 9.17) is 4.74 Å². The molecule has 0 aliphatic rings. The molecule has 0 saturated heterocycles. The minimum absolute atomic E-state index is 0.219. The maximum Gasteiger partial charge on any atom is 0.338 e. The molecule has 0 aromatic heterocycles. The number of esters is 1. The van der Waals surface area contributed by atoms with Crippen molar-refractivity contribution >= 4 is 22.7 Å². The average Bonchev–Trinajstić information content (AvgIpc) is 2.86. The van der Waals surface area contributed by atoms with Crippen LogP contribution >= 0.6 is 0 Å². The molecule has 4 aromatic rings. The summed E-state index contributed by atoms with van der Waals surface area (Å²) in [6.07, 6.45) is 1.83. The largest absolute Gasteiger partial charge is 0.478 e. The van der Waals surface area contributed by atoms with E-state index in [1.54, 1.807) is 30.3 Å². The number of benzene rings is 4. The first-order chi connectivity index (χ1) is 17.9. The number of carboxylic acids is 1. The molecule has 4 nitrogen and oxygen atoms in total. The van der Waals surface area contributed by atoms with Crippen LogP contribution in [0.15, 0.2) is 84.9 Å². The summed E-state index contributed by atoms with van der Waals surface area (Å²) in [7, 11) is 0. The van der Waals surface area contributed by atoms with Gasteiger partial charge in [-0.25, -0.2) is 9.59 Å². The van der Waals surface area contributed by atoms with E-state index in [0.29, 0.717) is 12.2 Å². The first kappa shape index (κ1) is 27.1. The highest BCUT2D eigenvalue weighted by atomic mass is 16.5. The van der Waals surface area contributed by atoms with Crippen LogP contribution in [0.2, 0.25) is 0 Å². The molecular formula is C34H36O4. The number of carbonyl (C=O) groups is 2. The molecule has 196 valence electrons. The van der Waals surface area contributed by atoms with Gasteiger partial charge in [-0.1, -0.05) is 95.3 Å². The lowest BCUT2D eigenvalue weighted by Gasteiger charge is -2.24. The van der Waals surface area contributed by atoms with Gasteiger partial charge >= 0.3 is 11.9 Å². The minimum Gasteiger partial charge on any atom is -0.478 e. The minimum atomic E-state index is -0.975. The van der Waals surface area contributed by atoms with E-state index in [2.05, 4.69) is 83.1 Å². The van der Waals surface area contributed by atoms with Crippen LogP contribution in [0.3, 0.4) is 0 Å². The average molecular weight is 509 g/mol. The van der Waals surface area contributed by atoms with Crippen molar-refractivity contribution in [2.45, 2.75) is 47.5 Å². The summed E-state index contributed by atoms with van der Waals surface area (Å²) in [5, 5.41) is 10.7. The third kappa shape index (κ3) is 7.10. The maximum atomic E-state index is 12.7. The molecule has 4 aromatic carbocycles. The number of hydrogen-bond donors (Lipinski definition) is 1. The summed E-state index contributed by atoms with van der Waals surface area (Å²) in [5.74, 6) is -1.36. The zero-order valence-corrected chi connectivity index (χ0v) is 22.9. The predicted octanol–water partition coefficient (Wildman–Crippen LogP) is 8.22. The Morgan fingerprint density at radius 2 is 1.13 bits per heavy atom. The maximum absolute atomic E-state index is 12.7. The Labute approximate surface area is 225 Å². The third-order valence-corrected chi connectivity index (χ3v) is 6.58. The Balaban J connectivity index is 1.35. The van der Waals surface area contributed by atoms with Gasteiger partial charge in [0.25, 0.3) is 0 Å². The zero-order valence-electron chi connectivity index (χ0n) is 22.9. The highest BCUT2D eigenvalue weighted by molar-refractivity contribution is 5.98. The van der Waals surface area contributed by atoms with Crippen molar-refractivity contribution < 1.29 is 19.4 Å². The number of carboxylic acid groups (broad SMARTS) is 1. The van der Waals surface area contributed by atoms with Crippen molar-refractivity contribution in [3.63, 3.8) is 0 Å². The smallest absolute Gasteiger partial charge is 0.338 e. The Bertz CT molecular complexity index is 1440. The van der Waals surface area contributed by atoms with Crippen molar-refractivity contribution in [2.75, 3.05) is 6.61 Å². The number of carbonyl (C=O) groups excluding carboxylic acids is 1. The summed E-state index contributed by atoms with van der Waals surface area (Å²) >= 11 is 0. The molecule has 4 rings (SSSR count). The van der Waals surface area contributed by atoms with Crippen LogP contribution in [0.5, 0.6) is 0 Å². The van der Waals surface area contributed by atoms with Crippen LogP contribution in [0.25, 0.3) is 21.9 Å². The van der Waals surface area contributed by atoms with Gasteiger partial charge in [-0.15, -0.1) is 0 Å². The summed E-state index contributed by atoms with van der Waals surface area (Å²) in [5.41, 5.74) is 5.64. The van der Waals surface area contributed by atoms with Crippen molar-refractivity contribution in [1.82, 2.24) is 0 Å². The van der Waals surface area contributed by atoms with Crippen LogP contribution in [-0.2, 0) is 17.6 Å². The molecule has 0 bridgehead atoms. The fourth-order valence-electron chi connectivity index (χ4n) is 4.70. The van der Waals surface area contributed by atoms with E-state index in [1.165, 1.54) is 28.3 Å². The topological polar surface area (TPSA) is 63.6 Å². The number of ether oxygens (including phenoxy) is 1. The molecule has 0 heterocycles. The van der Waals surface area contributed by atoms with E-state index in [1.807, 2.05) is 0 Å². The van der Waals surface area contributed by atoms with E-state index < -0.39 is 5.97 Å². The van der Waals surface area contributed by atoms with Gasteiger partial charge in [0.05, 0.1) is 17.7 Å². The van der Waals surface area contributed by atoms with Crippen LogP contribution in [0.1, 0.15) is 66.5 Å². The second-order valence-electron chi connectivity index (χ2n) is 12.1. The zero-order chi connectivity index (χ0) is 27.5. The molecular weight excluding hydrogens is 472 g/mol. The monoisotopic (exact) mass is 508 g/mol. The molecule has 0 fully saturated rings. The number of fused-ring (bicyclic) bond motifs is 1. The lowest BCUT2D eigenvalue weighted by Crippen LogP contribution is -2.24. The van der Waals surface area contributed by atoms with E-state index in [-0.39, 0.29) is 22.4 Å². The molecule has 0 unspecified atom stereocenters. The van der Waals surface area contributed by atoms with Gasteiger partial charge in [0.2, 0.25) is 0 Å². The molecule has 0 saturated carbocycles. The first-order valence-electron chi connectivity index (χ1n) is 13.0. The van der Waals surface area contributed by atoms with Gasteiger partial charge in [0.15, 0.2) is 0 Å². The molecule has 0 atom stereocenters. The van der Waals surface area contributed by atoms with Gasteiger partial charge < -0.3 is 9.84 Å². The number of hydrogen-bond acceptors (Lipinski definition) is 3. The van der Waals surface area contributed by atoms with Crippen molar-refractivity contribution in [2.24, 2.45) is 10.8 Å². The van der Waals surface area contributed by atoms with Gasteiger partial charge in [-0.05, 0) is 75.5 Å². The molecule has 0 amide bonds. The molecule has 0 spiro atoms. The highest BCUT2D eigenvalue weighted by Crippen LogP contribution is 2.27. The Hall–Kier alpha value is -3.92. The second kappa shape index (κ2) is 10.8. The van der Waals surface area contributed by atoms with Gasteiger partial charge in [-0.3, -0.25) is 0 Å². The summed E-state index contributed by atoms with van der Waals surface area (Å²) in [4.78, 5) is 23.9. The van der Waals surface area contributed by atoms with Crippen molar-refractivity contribution in [1.29, 1.82) is 0 Å². The Morgan fingerprint density at radius 3 is 1.63 bits per heavy atom. The van der Waals surface area contributed by atoms with Crippen molar-refractivity contribution in [3.05, 3.63) is 107 Å². The molecule has 4 heteroatoms. The molecule has 0 radical (unpaired) electrons. The van der Waals surface area contributed by atoms with E-state index >= 15 is 0 Å². The van der Waals surface area contributed by atoms with Crippen molar-refractivity contribution in [3.8, 4) is 11.1 Å². The standard InChI is InChI=1S/C34H36O4/c1-33(2,3)20-23-6-10-25(11-7-23)26-12-8-24(9-13-26)21-34(4,5)22-38-32(37)30-17-15-27-18-29(31(35)36)16-14-28(27)19-30/h6-19H,20-22H2,1-5H3,(H,35,36). The van der Waals surface area contributed by atoms with E-state index in [9.17, 15) is 14.7 Å². The van der Waals surface area contributed by atoms with Gasteiger partial charge in [-0.2, -0.15) is 0 Å². The van der Waals surface area contributed by atoms with Crippen LogP contribution in [0.4, 0.5) is 0 Å². The Morgan fingerprint density at radius 1 is 0.658 bits per heavy atom. The highest BCUT2D eigenvalue weighted by Gasteiger charge is 2.22. The van der Waals surface area contributed by atoms with Crippen LogP contribution in [-0.4, -0.2) is 23.7 Å². The summed E-state index contributed by atoms with van der Waals surface area (Å²) in [6, 6.07) is 27.4. The third-order valence-electron chi connectivity index (χ3n) is 6.58. The normalized spacial score (nSPS) is 11.9. The predicted molar refractivity (Wildman–Crippen MR) is 154 cm³/mol. The lowest BCUT2D eigenvalue weighted by atomic mass is 9.86.